The van der Waals surface area contributed by atoms with Crippen LogP contribution < -0.4 is 16.1 Å². The van der Waals surface area contributed by atoms with Gasteiger partial charge in [0.1, 0.15) is 5.82 Å². The van der Waals surface area contributed by atoms with E-state index in [4.69, 9.17) is 5.21 Å². The van der Waals surface area contributed by atoms with Crippen molar-refractivity contribution in [1.29, 1.82) is 0 Å². The van der Waals surface area contributed by atoms with Gasteiger partial charge < -0.3 is 10.6 Å². The average molecular weight is 430 g/mol. The lowest BCUT2D eigenvalue weighted by Gasteiger charge is -2.13. The molecule has 3 aromatic carbocycles. The minimum absolute atomic E-state index is 0.104. The summed E-state index contributed by atoms with van der Waals surface area (Å²) < 4.78 is 14.4. The van der Waals surface area contributed by atoms with E-state index in [1.54, 1.807) is 42.0 Å². The molecule has 0 spiro atoms. The van der Waals surface area contributed by atoms with Crippen LogP contribution in [0, 0.1) is 5.82 Å². The average Bonchev–Trinajstić information content (AvgIpc) is 2.83. The number of benzene rings is 3. The first-order valence-electron chi connectivity index (χ1n) is 9.77. The highest BCUT2D eigenvalue weighted by Gasteiger charge is 2.16. The van der Waals surface area contributed by atoms with Crippen molar-refractivity contribution in [3.63, 3.8) is 0 Å². The van der Waals surface area contributed by atoms with Crippen molar-refractivity contribution in [3.05, 3.63) is 95.9 Å². The first-order valence-corrected chi connectivity index (χ1v) is 9.77. The van der Waals surface area contributed by atoms with E-state index in [0.717, 1.165) is 5.39 Å². The van der Waals surface area contributed by atoms with Gasteiger partial charge >= 0.3 is 6.03 Å². The lowest BCUT2D eigenvalue weighted by molar-refractivity contribution is 0.0707. The molecule has 0 atom stereocenters. The van der Waals surface area contributed by atoms with Gasteiger partial charge in [-0.2, -0.15) is 0 Å². The zero-order valence-electron chi connectivity index (χ0n) is 16.8. The maximum atomic E-state index is 14.4. The predicted octanol–water partition coefficient (Wildman–Crippen LogP) is 4.48. The highest BCUT2D eigenvalue weighted by molar-refractivity contribution is 6.01. The molecule has 8 heteroatoms. The van der Waals surface area contributed by atoms with E-state index >= 15 is 0 Å². The summed E-state index contributed by atoms with van der Waals surface area (Å²) in [5.41, 5.74) is 4.07. The second-order valence-electron chi connectivity index (χ2n) is 6.99. The van der Waals surface area contributed by atoms with Crippen molar-refractivity contribution >= 4 is 28.5 Å². The minimum Gasteiger partial charge on any atom is -0.334 e. The summed E-state index contributed by atoms with van der Waals surface area (Å²) >= 11 is 0. The van der Waals surface area contributed by atoms with Crippen LogP contribution in [0.15, 0.2) is 79.0 Å². The zero-order chi connectivity index (χ0) is 22.5. The van der Waals surface area contributed by atoms with E-state index in [-0.39, 0.29) is 17.7 Å². The summed E-state index contributed by atoms with van der Waals surface area (Å²) in [5, 5.41) is 15.5. The number of para-hydroxylation sites is 1. The number of halogens is 1. The fourth-order valence-corrected chi connectivity index (χ4v) is 3.42. The topological polar surface area (TPSA) is 103 Å². The first kappa shape index (κ1) is 21.0. The third-order valence-electron chi connectivity index (χ3n) is 4.93. The lowest BCUT2D eigenvalue weighted by atomic mass is 9.96. The Bertz CT molecular complexity index is 1300. The van der Waals surface area contributed by atoms with Gasteiger partial charge in [0.2, 0.25) is 0 Å². The van der Waals surface area contributed by atoms with Gasteiger partial charge in [0.15, 0.2) is 0 Å². The number of hydrogen-bond acceptors (Lipinski definition) is 4. The van der Waals surface area contributed by atoms with Gasteiger partial charge in [-0.05, 0) is 41.5 Å². The van der Waals surface area contributed by atoms with Crippen LogP contribution in [0.2, 0.25) is 0 Å². The summed E-state index contributed by atoms with van der Waals surface area (Å²) in [6, 6.07) is 19.5. The zero-order valence-corrected chi connectivity index (χ0v) is 16.8. The second kappa shape index (κ2) is 9.23. The van der Waals surface area contributed by atoms with Crippen LogP contribution in [0.1, 0.15) is 15.9 Å². The van der Waals surface area contributed by atoms with Gasteiger partial charge in [-0.3, -0.25) is 15.0 Å². The number of aromatic nitrogens is 1. The SMILES string of the molecule is O=C(NCc1ccc(C(=O)NO)c(-c2ccccc2F)c1)Nc1cccc2cccnc12. The minimum atomic E-state index is -0.760. The molecule has 0 bridgehead atoms. The summed E-state index contributed by atoms with van der Waals surface area (Å²) in [7, 11) is 0. The number of amides is 3. The molecule has 32 heavy (non-hydrogen) atoms. The normalized spacial score (nSPS) is 10.6. The maximum Gasteiger partial charge on any atom is 0.319 e. The Morgan fingerprint density at radius 2 is 1.75 bits per heavy atom. The number of nitrogens with one attached hydrogen (secondary N) is 3. The number of rotatable bonds is 5. The molecule has 0 aliphatic rings. The molecule has 160 valence electrons. The highest BCUT2D eigenvalue weighted by Crippen LogP contribution is 2.28. The Hall–Kier alpha value is -4.30. The molecular formula is C24H19FN4O3. The molecule has 0 unspecified atom stereocenters. The third kappa shape index (κ3) is 4.40. The summed E-state index contributed by atoms with van der Waals surface area (Å²) in [6.45, 7) is 0.131. The maximum absolute atomic E-state index is 14.4. The van der Waals surface area contributed by atoms with E-state index in [0.29, 0.717) is 22.3 Å². The van der Waals surface area contributed by atoms with Crippen molar-refractivity contribution in [2.75, 3.05) is 5.32 Å². The number of anilines is 1. The molecule has 0 radical (unpaired) electrons. The van der Waals surface area contributed by atoms with Crippen LogP contribution in [0.25, 0.3) is 22.0 Å². The van der Waals surface area contributed by atoms with Crippen LogP contribution in [-0.4, -0.2) is 22.1 Å². The fraction of sp³-hybridized carbons (Fsp3) is 0.0417. The fourth-order valence-electron chi connectivity index (χ4n) is 3.42. The monoisotopic (exact) mass is 430 g/mol. The lowest BCUT2D eigenvalue weighted by Crippen LogP contribution is -2.28. The molecule has 4 rings (SSSR count). The smallest absolute Gasteiger partial charge is 0.319 e. The number of carbonyl (C=O) groups excluding carboxylic acids is 2. The Morgan fingerprint density at radius 1 is 0.938 bits per heavy atom. The van der Waals surface area contributed by atoms with Crippen LogP contribution in [0.5, 0.6) is 0 Å². The molecule has 1 heterocycles. The molecule has 4 N–H and O–H groups in total. The van der Waals surface area contributed by atoms with Gasteiger partial charge in [0.05, 0.1) is 11.2 Å². The molecule has 0 saturated heterocycles. The number of urea groups is 1. The molecule has 7 nitrogen and oxygen atoms in total. The molecule has 4 aromatic rings. The van der Waals surface area contributed by atoms with E-state index in [1.807, 2.05) is 24.3 Å². The number of nitrogens with zero attached hydrogens (tertiary/aromatic N) is 1. The molecule has 0 aliphatic carbocycles. The number of carbonyl (C=O) groups is 2. The highest BCUT2D eigenvalue weighted by atomic mass is 19.1. The van der Waals surface area contributed by atoms with Crippen LogP contribution in [-0.2, 0) is 6.54 Å². The summed E-state index contributed by atoms with van der Waals surface area (Å²) in [5.74, 6) is -1.27. The number of pyridine rings is 1. The van der Waals surface area contributed by atoms with Gasteiger partial charge in [-0.15, -0.1) is 0 Å². The standard InChI is InChI=1S/C24H19FN4O3/c25-20-8-2-1-7-17(20)19-13-15(10-11-18(19)23(30)29-32)14-27-24(31)28-21-9-3-5-16-6-4-12-26-22(16)21/h1-13,32H,14H2,(H,29,30)(H2,27,28,31). The summed E-state index contributed by atoms with van der Waals surface area (Å²) in [6.07, 6.45) is 1.65. The van der Waals surface area contributed by atoms with E-state index < -0.39 is 17.8 Å². The van der Waals surface area contributed by atoms with E-state index in [2.05, 4.69) is 15.6 Å². The molecular weight excluding hydrogens is 411 g/mol. The van der Waals surface area contributed by atoms with Gasteiger partial charge in [0, 0.05) is 29.3 Å². The quantitative estimate of drug-likeness (QED) is 0.277. The molecule has 0 saturated carbocycles. The van der Waals surface area contributed by atoms with E-state index in [9.17, 15) is 14.0 Å². The van der Waals surface area contributed by atoms with Crippen molar-refractivity contribution in [1.82, 2.24) is 15.8 Å². The predicted molar refractivity (Wildman–Crippen MR) is 119 cm³/mol. The Kier molecular flexibility index (Phi) is 6.05. The number of hydrogen-bond donors (Lipinski definition) is 4. The van der Waals surface area contributed by atoms with E-state index in [1.165, 1.54) is 18.2 Å². The van der Waals surface area contributed by atoms with Crippen molar-refractivity contribution in [2.24, 2.45) is 0 Å². The Labute approximate surface area is 182 Å². The summed E-state index contributed by atoms with van der Waals surface area (Å²) in [4.78, 5) is 28.8. The van der Waals surface area contributed by atoms with Crippen LogP contribution in [0.3, 0.4) is 0 Å². The molecule has 3 amide bonds. The molecule has 1 aromatic heterocycles. The third-order valence-corrected chi connectivity index (χ3v) is 4.93. The van der Waals surface area contributed by atoms with Gasteiger partial charge in [-0.25, -0.2) is 14.7 Å². The van der Waals surface area contributed by atoms with Gasteiger partial charge in [0.25, 0.3) is 5.91 Å². The Balaban J connectivity index is 1.54. The first-order chi connectivity index (χ1) is 15.6. The van der Waals surface area contributed by atoms with Crippen LogP contribution >= 0.6 is 0 Å². The largest absolute Gasteiger partial charge is 0.334 e. The molecule has 0 aliphatic heterocycles. The van der Waals surface area contributed by atoms with Crippen molar-refractivity contribution < 1.29 is 19.2 Å². The van der Waals surface area contributed by atoms with Crippen molar-refractivity contribution in [2.45, 2.75) is 6.54 Å². The van der Waals surface area contributed by atoms with Crippen molar-refractivity contribution in [3.8, 4) is 11.1 Å². The van der Waals surface area contributed by atoms with Crippen LogP contribution in [0.4, 0.5) is 14.9 Å². The Morgan fingerprint density at radius 3 is 2.56 bits per heavy atom. The number of fused-ring (bicyclic) bond motifs is 1. The van der Waals surface area contributed by atoms with Gasteiger partial charge in [-0.1, -0.05) is 42.5 Å². The number of hydroxylamine groups is 1. The second-order valence-corrected chi connectivity index (χ2v) is 6.99. The molecule has 0 fully saturated rings.